The van der Waals surface area contributed by atoms with Crippen molar-refractivity contribution < 1.29 is 9.59 Å². The molecule has 2 amide bonds. The smallest absolute Gasteiger partial charge is 0.269 e. The van der Waals surface area contributed by atoms with E-state index in [1.807, 2.05) is 12.1 Å². The Balaban J connectivity index is 1.76. The molecular weight excluding hydrogens is 323 g/mol. The highest BCUT2D eigenvalue weighted by Gasteiger charge is 2.07. The number of hydrogen-bond acceptors (Lipinski definition) is 2. The molecule has 0 saturated carbocycles. The maximum absolute atomic E-state index is 11.8. The summed E-state index contributed by atoms with van der Waals surface area (Å²) in [4.78, 5) is 23.5. The van der Waals surface area contributed by atoms with E-state index in [0.29, 0.717) is 22.0 Å². The third kappa shape index (κ3) is 5.06. The second-order valence-corrected chi connectivity index (χ2v) is 5.51. The zero-order valence-corrected chi connectivity index (χ0v) is 13.1. The molecule has 0 aliphatic heterocycles. The molecule has 0 fully saturated rings. The van der Waals surface area contributed by atoms with E-state index in [0.717, 1.165) is 5.56 Å². The third-order valence-electron chi connectivity index (χ3n) is 2.98. The molecule has 0 radical (unpaired) electrons. The van der Waals surface area contributed by atoms with Crippen molar-refractivity contribution in [2.24, 2.45) is 0 Å². The summed E-state index contributed by atoms with van der Waals surface area (Å²) in [5.74, 6) is -0.659. The minimum Gasteiger partial charge on any atom is -0.273 e. The van der Waals surface area contributed by atoms with Crippen LogP contribution in [0, 0.1) is 0 Å². The first kappa shape index (κ1) is 16.3. The van der Waals surface area contributed by atoms with Crippen molar-refractivity contribution in [2.75, 3.05) is 0 Å². The predicted octanol–water partition coefficient (Wildman–Crippen LogP) is 3.39. The molecule has 0 aliphatic rings. The van der Waals surface area contributed by atoms with Gasteiger partial charge in [0.25, 0.3) is 5.91 Å². The first-order valence-electron chi connectivity index (χ1n) is 6.64. The van der Waals surface area contributed by atoms with Gasteiger partial charge < -0.3 is 0 Å². The highest BCUT2D eigenvalue weighted by molar-refractivity contribution is 6.30. The largest absolute Gasteiger partial charge is 0.273 e. The lowest BCUT2D eigenvalue weighted by molar-refractivity contribution is -0.121. The molecule has 0 atom stereocenters. The molecule has 0 heterocycles. The molecule has 0 saturated heterocycles. The second kappa shape index (κ2) is 7.82. The van der Waals surface area contributed by atoms with Crippen LogP contribution in [0.1, 0.15) is 22.3 Å². The summed E-state index contributed by atoms with van der Waals surface area (Å²) >= 11 is 11.5. The summed E-state index contributed by atoms with van der Waals surface area (Å²) in [6.07, 6.45) is 0.836. The summed E-state index contributed by atoms with van der Waals surface area (Å²) < 4.78 is 0. The fourth-order valence-electron chi connectivity index (χ4n) is 1.77. The number of hydrogen-bond donors (Lipinski definition) is 2. The van der Waals surface area contributed by atoms with Crippen molar-refractivity contribution in [2.45, 2.75) is 12.8 Å². The van der Waals surface area contributed by atoms with Gasteiger partial charge >= 0.3 is 0 Å². The lowest BCUT2D eigenvalue weighted by atomic mass is 10.1. The molecule has 2 N–H and O–H groups in total. The molecule has 0 bridgehead atoms. The lowest BCUT2D eigenvalue weighted by Gasteiger charge is -2.07. The minimum atomic E-state index is -0.392. The van der Waals surface area contributed by atoms with Gasteiger partial charge in [0.2, 0.25) is 5.91 Å². The number of amides is 2. The SMILES string of the molecule is O=C(CCc1ccc(Cl)cc1)NNC(=O)c1ccc(Cl)cc1. The predicted molar refractivity (Wildman–Crippen MR) is 86.8 cm³/mol. The number of rotatable bonds is 4. The van der Waals surface area contributed by atoms with Crippen LogP contribution in [0.4, 0.5) is 0 Å². The quantitative estimate of drug-likeness (QED) is 0.841. The van der Waals surface area contributed by atoms with E-state index in [1.165, 1.54) is 0 Å². The molecule has 2 aromatic carbocycles. The van der Waals surface area contributed by atoms with Gasteiger partial charge in [-0.2, -0.15) is 0 Å². The van der Waals surface area contributed by atoms with Gasteiger partial charge in [-0.25, -0.2) is 0 Å². The van der Waals surface area contributed by atoms with E-state index >= 15 is 0 Å². The normalized spacial score (nSPS) is 10.1. The molecule has 0 aromatic heterocycles. The molecule has 22 heavy (non-hydrogen) atoms. The number of halogens is 2. The highest BCUT2D eigenvalue weighted by Crippen LogP contribution is 2.11. The van der Waals surface area contributed by atoms with Crippen LogP contribution in [0.15, 0.2) is 48.5 Å². The summed E-state index contributed by atoms with van der Waals surface area (Å²) in [6.45, 7) is 0. The number of carbonyl (C=O) groups excluding carboxylic acids is 2. The maximum atomic E-state index is 11.8. The van der Waals surface area contributed by atoms with Crippen molar-refractivity contribution in [3.05, 3.63) is 69.7 Å². The fraction of sp³-hybridized carbons (Fsp3) is 0.125. The van der Waals surface area contributed by atoms with E-state index in [2.05, 4.69) is 10.9 Å². The van der Waals surface area contributed by atoms with Crippen molar-refractivity contribution in [1.29, 1.82) is 0 Å². The minimum absolute atomic E-state index is 0.266. The molecule has 114 valence electrons. The average Bonchev–Trinajstić information content (AvgIpc) is 2.52. The van der Waals surface area contributed by atoms with E-state index in [4.69, 9.17) is 23.2 Å². The van der Waals surface area contributed by atoms with Crippen LogP contribution >= 0.6 is 23.2 Å². The molecule has 6 heteroatoms. The topological polar surface area (TPSA) is 58.2 Å². The Morgan fingerprint density at radius 3 is 1.95 bits per heavy atom. The van der Waals surface area contributed by atoms with Gasteiger partial charge in [-0.1, -0.05) is 35.3 Å². The summed E-state index contributed by atoms with van der Waals surface area (Å²) in [7, 11) is 0. The fourth-order valence-corrected chi connectivity index (χ4v) is 2.02. The van der Waals surface area contributed by atoms with Gasteiger partial charge in [-0.05, 0) is 48.4 Å². The molecule has 0 spiro atoms. The Morgan fingerprint density at radius 2 is 1.36 bits per heavy atom. The van der Waals surface area contributed by atoms with Gasteiger partial charge in [0.15, 0.2) is 0 Å². The average molecular weight is 337 g/mol. The van der Waals surface area contributed by atoms with Crippen LogP contribution in [-0.4, -0.2) is 11.8 Å². The van der Waals surface area contributed by atoms with Crippen LogP contribution in [-0.2, 0) is 11.2 Å². The number of aryl methyl sites for hydroxylation is 1. The Bertz CT molecular complexity index is 655. The Kier molecular flexibility index (Phi) is 5.81. The molecule has 2 rings (SSSR count). The van der Waals surface area contributed by atoms with Crippen molar-refractivity contribution in [1.82, 2.24) is 10.9 Å². The highest BCUT2D eigenvalue weighted by atomic mass is 35.5. The Labute approximate surface area is 138 Å². The summed E-state index contributed by atoms with van der Waals surface area (Å²) in [5.41, 5.74) is 6.16. The summed E-state index contributed by atoms with van der Waals surface area (Å²) in [5, 5.41) is 1.20. The van der Waals surface area contributed by atoms with E-state index in [1.54, 1.807) is 36.4 Å². The number of benzene rings is 2. The Hall–Kier alpha value is -2.04. The zero-order chi connectivity index (χ0) is 15.9. The standard InChI is InChI=1S/C16H14Cl2N2O2/c17-13-6-1-11(2-7-13)3-10-15(21)19-20-16(22)12-4-8-14(18)9-5-12/h1-2,4-9H,3,10H2,(H,19,21)(H,20,22). The third-order valence-corrected chi connectivity index (χ3v) is 3.48. The molecule has 4 nitrogen and oxygen atoms in total. The zero-order valence-electron chi connectivity index (χ0n) is 11.6. The van der Waals surface area contributed by atoms with Crippen molar-refractivity contribution in [3.63, 3.8) is 0 Å². The molecule has 0 unspecified atom stereocenters. The monoisotopic (exact) mass is 336 g/mol. The summed E-state index contributed by atoms with van der Waals surface area (Å²) in [6, 6.07) is 13.7. The molecule has 2 aromatic rings. The maximum Gasteiger partial charge on any atom is 0.269 e. The van der Waals surface area contributed by atoms with Gasteiger partial charge in [0, 0.05) is 22.0 Å². The van der Waals surface area contributed by atoms with Gasteiger partial charge in [0.05, 0.1) is 0 Å². The first-order chi connectivity index (χ1) is 10.5. The van der Waals surface area contributed by atoms with Gasteiger partial charge in [-0.3, -0.25) is 20.4 Å². The van der Waals surface area contributed by atoms with Crippen LogP contribution < -0.4 is 10.9 Å². The van der Waals surface area contributed by atoms with Crippen molar-refractivity contribution in [3.8, 4) is 0 Å². The first-order valence-corrected chi connectivity index (χ1v) is 7.39. The molecule has 0 aliphatic carbocycles. The Morgan fingerprint density at radius 1 is 0.818 bits per heavy atom. The number of nitrogens with one attached hydrogen (secondary N) is 2. The van der Waals surface area contributed by atoms with E-state index in [9.17, 15) is 9.59 Å². The van der Waals surface area contributed by atoms with Gasteiger partial charge in [0.1, 0.15) is 0 Å². The van der Waals surface area contributed by atoms with E-state index < -0.39 is 5.91 Å². The molecular formula is C16H14Cl2N2O2. The number of hydrazine groups is 1. The van der Waals surface area contributed by atoms with Crippen LogP contribution in [0.25, 0.3) is 0 Å². The van der Waals surface area contributed by atoms with Crippen LogP contribution in [0.3, 0.4) is 0 Å². The van der Waals surface area contributed by atoms with Crippen LogP contribution in [0.2, 0.25) is 10.0 Å². The van der Waals surface area contributed by atoms with Gasteiger partial charge in [-0.15, -0.1) is 0 Å². The van der Waals surface area contributed by atoms with Crippen LogP contribution in [0.5, 0.6) is 0 Å². The lowest BCUT2D eigenvalue weighted by Crippen LogP contribution is -2.41. The second-order valence-electron chi connectivity index (χ2n) is 4.64. The number of carbonyl (C=O) groups is 2. The van der Waals surface area contributed by atoms with Crippen molar-refractivity contribution >= 4 is 35.0 Å². The van der Waals surface area contributed by atoms with E-state index in [-0.39, 0.29) is 12.3 Å².